The quantitative estimate of drug-likeness (QED) is 0.690. The fourth-order valence-corrected chi connectivity index (χ4v) is 1.70. The SMILES string of the molecule is CCC(O)CCNCc1cnc(N(C)C)n1C. The minimum atomic E-state index is -0.189. The van der Waals surface area contributed by atoms with Gasteiger partial charge < -0.3 is 19.9 Å². The molecule has 2 N–H and O–H groups in total. The van der Waals surface area contributed by atoms with Crippen LogP contribution in [0.5, 0.6) is 0 Å². The Balaban J connectivity index is 2.37. The Hall–Kier alpha value is -1.07. The van der Waals surface area contributed by atoms with Gasteiger partial charge in [-0.15, -0.1) is 0 Å². The maximum atomic E-state index is 9.42. The Morgan fingerprint density at radius 1 is 1.53 bits per heavy atom. The van der Waals surface area contributed by atoms with Crippen molar-refractivity contribution in [1.82, 2.24) is 14.9 Å². The van der Waals surface area contributed by atoms with Crippen LogP contribution in [0.4, 0.5) is 5.95 Å². The zero-order valence-electron chi connectivity index (χ0n) is 11.3. The van der Waals surface area contributed by atoms with E-state index in [0.717, 1.165) is 37.6 Å². The first-order chi connectivity index (χ1) is 8.06. The van der Waals surface area contributed by atoms with Gasteiger partial charge >= 0.3 is 0 Å². The average Bonchev–Trinajstić information content (AvgIpc) is 2.66. The largest absolute Gasteiger partial charge is 0.393 e. The zero-order valence-corrected chi connectivity index (χ0v) is 11.3. The van der Waals surface area contributed by atoms with Crippen molar-refractivity contribution in [2.24, 2.45) is 7.05 Å². The molecule has 0 bridgehead atoms. The van der Waals surface area contributed by atoms with Gasteiger partial charge in [0.1, 0.15) is 0 Å². The fraction of sp³-hybridized carbons (Fsp3) is 0.750. The highest BCUT2D eigenvalue weighted by molar-refractivity contribution is 5.30. The molecule has 0 aliphatic carbocycles. The van der Waals surface area contributed by atoms with Crippen LogP contribution in [0.15, 0.2) is 6.20 Å². The number of anilines is 1. The molecule has 1 aromatic rings. The van der Waals surface area contributed by atoms with E-state index < -0.39 is 0 Å². The smallest absolute Gasteiger partial charge is 0.204 e. The number of hydrogen-bond donors (Lipinski definition) is 2. The molecule has 17 heavy (non-hydrogen) atoms. The molecule has 0 saturated heterocycles. The summed E-state index contributed by atoms with van der Waals surface area (Å²) in [6.45, 7) is 3.61. The molecule has 0 spiro atoms. The number of imidazole rings is 1. The van der Waals surface area contributed by atoms with Crippen LogP contribution in [0.3, 0.4) is 0 Å². The third-order valence-corrected chi connectivity index (χ3v) is 2.89. The van der Waals surface area contributed by atoms with Gasteiger partial charge in [0.2, 0.25) is 5.95 Å². The maximum Gasteiger partial charge on any atom is 0.204 e. The predicted molar refractivity (Wildman–Crippen MR) is 70.2 cm³/mol. The fourth-order valence-electron chi connectivity index (χ4n) is 1.70. The lowest BCUT2D eigenvalue weighted by Crippen LogP contribution is -2.21. The molecule has 0 amide bonds. The topological polar surface area (TPSA) is 53.3 Å². The second-order valence-electron chi connectivity index (χ2n) is 4.53. The van der Waals surface area contributed by atoms with E-state index in [1.165, 1.54) is 0 Å². The highest BCUT2D eigenvalue weighted by Gasteiger charge is 2.07. The lowest BCUT2D eigenvalue weighted by molar-refractivity contribution is 0.159. The van der Waals surface area contributed by atoms with Crippen LogP contribution in [0.25, 0.3) is 0 Å². The van der Waals surface area contributed by atoms with E-state index in [4.69, 9.17) is 0 Å². The van der Waals surface area contributed by atoms with Crippen molar-refractivity contribution in [3.63, 3.8) is 0 Å². The molecule has 1 rings (SSSR count). The van der Waals surface area contributed by atoms with Crippen molar-refractivity contribution in [3.05, 3.63) is 11.9 Å². The standard InChI is InChI=1S/C12H24N4O/c1-5-11(17)6-7-13-8-10-9-14-12(15(2)3)16(10)4/h9,11,13,17H,5-8H2,1-4H3. The number of aromatic nitrogens is 2. The summed E-state index contributed by atoms with van der Waals surface area (Å²) in [5, 5.41) is 12.7. The molecule has 0 fully saturated rings. The normalized spacial score (nSPS) is 12.8. The zero-order chi connectivity index (χ0) is 12.8. The van der Waals surface area contributed by atoms with Crippen molar-refractivity contribution in [2.45, 2.75) is 32.4 Å². The molecule has 1 atom stereocenters. The van der Waals surface area contributed by atoms with Gasteiger partial charge in [0.25, 0.3) is 0 Å². The Morgan fingerprint density at radius 2 is 2.24 bits per heavy atom. The number of aliphatic hydroxyl groups is 1. The number of rotatable bonds is 7. The Labute approximate surface area is 103 Å². The van der Waals surface area contributed by atoms with Crippen molar-refractivity contribution in [3.8, 4) is 0 Å². The van der Waals surface area contributed by atoms with Gasteiger partial charge in [-0.25, -0.2) is 4.98 Å². The molecule has 1 unspecified atom stereocenters. The van der Waals surface area contributed by atoms with Gasteiger partial charge in [-0.05, 0) is 19.4 Å². The van der Waals surface area contributed by atoms with Crippen LogP contribution in [0, 0.1) is 0 Å². The third-order valence-electron chi connectivity index (χ3n) is 2.89. The van der Waals surface area contributed by atoms with Crippen LogP contribution in [0.1, 0.15) is 25.5 Å². The van der Waals surface area contributed by atoms with Crippen molar-refractivity contribution >= 4 is 5.95 Å². The van der Waals surface area contributed by atoms with Crippen molar-refractivity contribution < 1.29 is 5.11 Å². The Bertz CT molecular complexity index is 335. The summed E-state index contributed by atoms with van der Waals surface area (Å²) in [6, 6.07) is 0. The molecule has 5 heteroatoms. The van der Waals surface area contributed by atoms with Crippen LogP contribution in [-0.2, 0) is 13.6 Å². The average molecular weight is 240 g/mol. The third kappa shape index (κ3) is 4.02. The van der Waals surface area contributed by atoms with Gasteiger partial charge in [0.05, 0.1) is 18.0 Å². The monoisotopic (exact) mass is 240 g/mol. The predicted octanol–water partition coefficient (Wildman–Crippen LogP) is 0.737. The van der Waals surface area contributed by atoms with Crippen LogP contribution in [0.2, 0.25) is 0 Å². The first kappa shape index (κ1) is 14.0. The van der Waals surface area contributed by atoms with Crippen molar-refractivity contribution in [1.29, 1.82) is 0 Å². The molecule has 1 heterocycles. The summed E-state index contributed by atoms with van der Waals surface area (Å²) in [6.07, 6.45) is 3.32. The van der Waals surface area contributed by atoms with Gasteiger partial charge in [-0.1, -0.05) is 6.92 Å². The minimum absolute atomic E-state index is 0.189. The number of hydrogen-bond acceptors (Lipinski definition) is 4. The molecule has 0 saturated carbocycles. The minimum Gasteiger partial charge on any atom is -0.393 e. The van der Waals surface area contributed by atoms with E-state index >= 15 is 0 Å². The lowest BCUT2D eigenvalue weighted by Gasteiger charge is -2.13. The number of nitrogens with zero attached hydrogens (tertiary/aromatic N) is 3. The van der Waals surface area contributed by atoms with Crippen LogP contribution >= 0.6 is 0 Å². The molecule has 5 nitrogen and oxygen atoms in total. The molecular formula is C12H24N4O. The highest BCUT2D eigenvalue weighted by atomic mass is 16.3. The summed E-state index contributed by atoms with van der Waals surface area (Å²) in [5.74, 6) is 0.954. The molecule has 0 aliphatic heterocycles. The van der Waals surface area contributed by atoms with E-state index in [1.54, 1.807) is 0 Å². The van der Waals surface area contributed by atoms with E-state index in [0.29, 0.717) is 0 Å². The Kier molecular flexibility index (Phi) is 5.44. The van der Waals surface area contributed by atoms with Gasteiger partial charge in [-0.2, -0.15) is 0 Å². The maximum absolute atomic E-state index is 9.42. The highest BCUT2D eigenvalue weighted by Crippen LogP contribution is 2.10. The number of aliphatic hydroxyl groups excluding tert-OH is 1. The first-order valence-electron chi connectivity index (χ1n) is 6.13. The van der Waals surface area contributed by atoms with E-state index in [9.17, 15) is 5.11 Å². The van der Waals surface area contributed by atoms with Gasteiger partial charge in [0.15, 0.2) is 0 Å². The van der Waals surface area contributed by atoms with Gasteiger partial charge in [-0.3, -0.25) is 0 Å². The number of nitrogens with one attached hydrogen (secondary N) is 1. The van der Waals surface area contributed by atoms with E-state index in [-0.39, 0.29) is 6.10 Å². The van der Waals surface area contributed by atoms with Crippen LogP contribution in [-0.4, -0.2) is 41.4 Å². The molecular weight excluding hydrogens is 216 g/mol. The molecule has 98 valence electrons. The first-order valence-corrected chi connectivity index (χ1v) is 6.13. The summed E-state index contributed by atoms with van der Waals surface area (Å²) < 4.78 is 2.07. The van der Waals surface area contributed by atoms with E-state index in [1.807, 2.05) is 39.2 Å². The molecule has 0 aliphatic rings. The summed E-state index contributed by atoms with van der Waals surface area (Å²) in [5.41, 5.74) is 1.15. The molecule has 1 aromatic heterocycles. The summed E-state index contributed by atoms with van der Waals surface area (Å²) in [4.78, 5) is 6.34. The van der Waals surface area contributed by atoms with Gasteiger partial charge in [0, 0.05) is 27.7 Å². The molecule has 0 aromatic carbocycles. The van der Waals surface area contributed by atoms with Crippen LogP contribution < -0.4 is 10.2 Å². The lowest BCUT2D eigenvalue weighted by atomic mass is 10.2. The second kappa shape index (κ2) is 6.61. The van der Waals surface area contributed by atoms with Crippen molar-refractivity contribution in [2.75, 3.05) is 25.5 Å². The second-order valence-corrected chi connectivity index (χ2v) is 4.53. The summed E-state index contributed by atoms with van der Waals surface area (Å²) in [7, 11) is 5.98. The molecule has 0 radical (unpaired) electrons. The van der Waals surface area contributed by atoms with E-state index in [2.05, 4.69) is 14.9 Å². The summed E-state index contributed by atoms with van der Waals surface area (Å²) >= 11 is 0. The Morgan fingerprint density at radius 3 is 2.76 bits per heavy atom.